The number of carbonyl (C=O) groups is 1. The van der Waals surface area contributed by atoms with Crippen molar-refractivity contribution in [3.63, 3.8) is 0 Å². The number of amides is 1. The van der Waals surface area contributed by atoms with Crippen molar-refractivity contribution in [1.29, 1.82) is 0 Å². The topological polar surface area (TPSA) is 44.4 Å². The molecule has 2 N–H and O–H groups in total. The first-order chi connectivity index (χ1) is 7.13. The van der Waals surface area contributed by atoms with Crippen LogP contribution < -0.4 is 10.6 Å². The number of hydrogen-bond acceptors (Lipinski definition) is 3. The molecule has 0 unspecified atom stereocenters. The highest BCUT2D eigenvalue weighted by Crippen LogP contribution is 2.12. The predicted molar refractivity (Wildman–Crippen MR) is 61.8 cm³/mol. The molecular weight excluding hydrogens is 190 g/mol. The lowest BCUT2D eigenvalue weighted by Crippen LogP contribution is -2.48. The van der Waals surface area contributed by atoms with Crippen molar-refractivity contribution < 1.29 is 4.79 Å². The summed E-state index contributed by atoms with van der Waals surface area (Å²) in [5.74, 6) is 0.112. The van der Waals surface area contributed by atoms with Crippen LogP contribution in [0.15, 0.2) is 0 Å². The molecule has 1 heterocycles. The summed E-state index contributed by atoms with van der Waals surface area (Å²) in [5.41, 5.74) is 0. The maximum atomic E-state index is 11.3. The molecule has 1 rings (SSSR count). The van der Waals surface area contributed by atoms with Crippen LogP contribution in [0.3, 0.4) is 0 Å². The van der Waals surface area contributed by atoms with Crippen molar-refractivity contribution in [2.24, 2.45) is 0 Å². The molecule has 1 aliphatic heterocycles. The van der Waals surface area contributed by atoms with Gasteiger partial charge in [-0.25, -0.2) is 0 Å². The zero-order chi connectivity index (χ0) is 11.3. The summed E-state index contributed by atoms with van der Waals surface area (Å²) in [5, 5.41) is 5.91. The molecule has 88 valence electrons. The third-order valence-corrected chi connectivity index (χ3v) is 2.96. The van der Waals surface area contributed by atoms with Gasteiger partial charge in [-0.1, -0.05) is 0 Å². The first-order valence-electron chi connectivity index (χ1n) is 5.81. The van der Waals surface area contributed by atoms with Gasteiger partial charge in [0.2, 0.25) is 5.91 Å². The van der Waals surface area contributed by atoms with Crippen molar-refractivity contribution >= 4 is 5.91 Å². The Morgan fingerprint density at radius 1 is 1.40 bits per heavy atom. The quantitative estimate of drug-likeness (QED) is 0.701. The van der Waals surface area contributed by atoms with Gasteiger partial charge in [-0.05, 0) is 33.7 Å². The van der Waals surface area contributed by atoms with Crippen LogP contribution in [-0.2, 0) is 4.79 Å². The summed E-state index contributed by atoms with van der Waals surface area (Å²) in [6, 6.07) is 1.000. The van der Waals surface area contributed by atoms with E-state index in [-0.39, 0.29) is 5.91 Å². The fourth-order valence-corrected chi connectivity index (χ4v) is 2.00. The summed E-state index contributed by atoms with van der Waals surface area (Å²) in [7, 11) is 1.79. The van der Waals surface area contributed by atoms with Gasteiger partial charge in [0.25, 0.3) is 0 Å². The Bertz CT molecular complexity index is 198. The monoisotopic (exact) mass is 213 g/mol. The van der Waals surface area contributed by atoms with Gasteiger partial charge in [-0.3, -0.25) is 4.79 Å². The van der Waals surface area contributed by atoms with Crippen LogP contribution >= 0.6 is 0 Å². The molecule has 1 amide bonds. The number of nitrogens with one attached hydrogen (secondary N) is 2. The summed E-state index contributed by atoms with van der Waals surface area (Å²) in [6.07, 6.45) is 2.15. The highest BCUT2D eigenvalue weighted by Gasteiger charge is 2.21. The average Bonchev–Trinajstić information content (AvgIpc) is 2.18. The minimum absolute atomic E-state index is 0.112. The molecule has 0 atom stereocenters. The van der Waals surface area contributed by atoms with Crippen LogP contribution in [0.5, 0.6) is 0 Å². The fraction of sp³-hybridized carbons (Fsp3) is 0.909. The predicted octanol–water partition coefficient (Wildman–Crippen LogP) is 0.195. The lowest BCUT2D eigenvalue weighted by atomic mass is 10.0. The summed E-state index contributed by atoms with van der Waals surface area (Å²) < 4.78 is 0. The molecule has 0 aromatic rings. The number of hydrogen-bond donors (Lipinski definition) is 2. The van der Waals surface area contributed by atoms with E-state index < -0.39 is 0 Å². The number of rotatable bonds is 4. The van der Waals surface area contributed by atoms with Crippen molar-refractivity contribution in [2.75, 3.05) is 26.7 Å². The van der Waals surface area contributed by atoms with Gasteiger partial charge < -0.3 is 15.5 Å². The van der Waals surface area contributed by atoms with Crippen molar-refractivity contribution in [1.82, 2.24) is 15.5 Å². The molecule has 1 fully saturated rings. The molecule has 4 nitrogen and oxygen atoms in total. The third kappa shape index (κ3) is 4.18. The molecule has 0 saturated carbocycles. The van der Waals surface area contributed by atoms with E-state index in [2.05, 4.69) is 29.4 Å². The van der Waals surface area contributed by atoms with E-state index in [0.717, 1.165) is 25.9 Å². The van der Waals surface area contributed by atoms with E-state index in [1.54, 1.807) is 7.05 Å². The second kappa shape index (κ2) is 6.08. The van der Waals surface area contributed by atoms with Gasteiger partial charge in [0.15, 0.2) is 0 Å². The van der Waals surface area contributed by atoms with Crippen LogP contribution in [0.1, 0.15) is 26.7 Å². The second-order valence-corrected chi connectivity index (χ2v) is 4.50. The molecule has 0 spiro atoms. The molecule has 0 radical (unpaired) electrons. The van der Waals surface area contributed by atoms with Gasteiger partial charge in [-0.2, -0.15) is 0 Å². The number of likely N-dealkylation sites (N-methyl/N-ethyl adjacent to an activating group) is 1. The maximum absolute atomic E-state index is 11.3. The first-order valence-corrected chi connectivity index (χ1v) is 5.81. The van der Waals surface area contributed by atoms with E-state index in [4.69, 9.17) is 0 Å². The number of piperidine rings is 1. The van der Waals surface area contributed by atoms with E-state index in [0.29, 0.717) is 18.6 Å². The number of carbonyl (C=O) groups excluding carboxylic acids is 1. The highest BCUT2D eigenvalue weighted by atomic mass is 16.1. The van der Waals surface area contributed by atoms with Crippen LogP contribution in [0.25, 0.3) is 0 Å². The Balaban J connectivity index is 2.22. The molecule has 0 aliphatic carbocycles. The zero-order valence-corrected chi connectivity index (χ0v) is 10.0. The maximum Gasteiger partial charge on any atom is 0.234 e. The molecule has 0 aromatic carbocycles. The van der Waals surface area contributed by atoms with Crippen molar-refractivity contribution in [3.05, 3.63) is 0 Å². The van der Waals surface area contributed by atoms with Gasteiger partial charge in [0.05, 0.1) is 6.54 Å². The normalized spacial score (nSPS) is 19.5. The molecular formula is C11H23N3O. The zero-order valence-electron chi connectivity index (χ0n) is 10.0. The van der Waals surface area contributed by atoms with E-state index in [1.807, 2.05) is 0 Å². The standard InChI is InChI=1S/C11H23N3O/c1-9(2)14-6-4-10(5-7-14)13-11(15)8-12-3/h9-10,12H,4-8H2,1-3H3,(H,13,15). The van der Waals surface area contributed by atoms with E-state index in [1.165, 1.54) is 0 Å². The lowest BCUT2D eigenvalue weighted by molar-refractivity contribution is -0.121. The van der Waals surface area contributed by atoms with Gasteiger partial charge in [0, 0.05) is 25.2 Å². The Hall–Kier alpha value is -0.610. The SMILES string of the molecule is CNCC(=O)NC1CCN(C(C)C)CC1. The average molecular weight is 213 g/mol. The summed E-state index contributed by atoms with van der Waals surface area (Å²) >= 11 is 0. The summed E-state index contributed by atoms with van der Waals surface area (Å²) in [4.78, 5) is 13.8. The summed E-state index contributed by atoms with van der Waals surface area (Å²) in [6.45, 7) is 7.06. The molecule has 0 bridgehead atoms. The molecule has 15 heavy (non-hydrogen) atoms. The van der Waals surface area contributed by atoms with Crippen LogP contribution in [0.4, 0.5) is 0 Å². The third-order valence-electron chi connectivity index (χ3n) is 2.96. The van der Waals surface area contributed by atoms with Crippen molar-refractivity contribution in [2.45, 2.75) is 38.8 Å². The van der Waals surface area contributed by atoms with E-state index >= 15 is 0 Å². The first kappa shape index (κ1) is 12.5. The van der Waals surface area contributed by atoms with Crippen LogP contribution in [0.2, 0.25) is 0 Å². The smallest absolute Gasteiger partial charge is 0.234 e. The Morgan fingerprint density at radius 2 is 2.00 bits per heavy atom. The molecule has 0 aromatic heterocycles. The Labute approximate surface area is 92.4 Å². The van der Waals surface area contributed by atoms with E-state index in [9.17, 15) is 4.79 Å². The van der Waals surface area contributed by atoms with Gasteiger partial charge in [0.1, 0.15) is 0 Å². The van der Waals surface area contributed by atoms with Crippen molar-refractivity contribution in [3.8, 4) is 0 Å². The Kier molecular flexibility index (Phi) is 5.05. The van der Waals surface area contributed by atoms with Gasteiger partial charge in [-0.15, -0.1) is 0 Å². The number of likely N-dealkylation sites (tertiary alicyclic amines) is 1. The van der Waals surface area contributed by atoms with Crippen LogP contribution in [0, 0.1) is 0 Å². The lowest BCUT2D eigenvalue weighted by Gasteiger charge is -2.34. The Morgan fingerprint density at radius 3 is 2.47 bits per heavy atom. The highest BCUT2D eigenvalue weighted by molar-refractivity contribution is 5.78. The molecule has 4 heteroatoms. The minimum atomic E-state index is 0.112. The van der Waals surface area contributed by atoms with Crippen LogP contribution in [-0.4, -0.2) is 49.6 Å². The molecule has 1 aliphatic rings. The fourth-order valence-electron chi connectivity index (χ4n) is 2.00. The van der Waals surface area contributed by atoms with Gasteiger partial charge >= 0.3 is 0 Å². The molecule has 1 saturated heterocycles. The second-order valence-electron chi connectivity index (χ2n) is 4.50. The largest absolute Gasteiger partial charge is 0.352 e. The number of nitrogens with zero attached hydrogens (tertiary/aromatic N) is 1. The minimum Gasteiger partial charge on any atom is -0.352 e.